The molecule has 2 atom stereocenters. The maximum absolute atomic E-state index is 13.1. The number of aryl methyl sites for hydroxylation is 1. The van der Waals surface area contributed by atoms with Crippen LogP contribution in [0, 0.1) is 0 Å². The van der Waals surface area contributed by atoms with Crippen molar-refractivity contribution in [3.05, 3.63) is 81.2 Å². The number of amides is 1. The molecule has 0 aliphatic heterocycles. The van der Waals surface area contributed by atoms with Crippen molar-refractivity contribution in [3.63, 3.8) is 0 Å². The lowest BCUT2D eigenvalue weighted by Crippen LogP contribution is -2.44. The molecule has 0 spiro atoms. The first kappa shape index (κ1) is 29.8. The fourth-order valence-electron chi connectivity index (χ4n) is 3.55. The molecule has 0 saturated heterocycles. The van der Waals surface area contributed by atoms with E-state index in [4.69, 9.17) is 11.6 Å². The molecule has 0 bridgehead atoms. The molecule has 1 aromatic heterocycles. The van der Waals surface area contributed by atoms with Gasteiger partial charge in [0.2, 0.25) is 0 Å². The first-order valence-corrected chi connectivity index (χ1v) is 11.7. The van der Waals surface area contributed by atoms with Crippen molar-refractivity contribution in [2.75, 3.05) is 6.61 Å². The Morgan fingerprint density at radius 1 is 1.08 bits per heavy atom. The number of esters is 1. The Morgan fingerprint density at radius 2 is 1.74 bits per heavy atom. The largest absolute Gasteiger partial charge is 0.457 e. The summed E-state index contributed by atoms with van der Waals surface area (Å²) in [6.07, 6.45) is -8.66. The minimum absolute atomic E-state index is 0.0156. The zero-order valence-corrected chi connectivity index (χ0v) is 21.0. The molecular weight excluding hydrogens is 553 g/mol. The number of carbonyl (C=O) groups excluding carboxylic acids is 2. The van der Waals surface area contributed by atoms with Crippen molar-refractivity contribution in [2.24, 2.45) is 7.05 Å². The van der Waals surface area contributed by atoms with Gasteiger partial charge in [-0.1, -0.05) is 48.0 Å². The number of hydrogen-bond acceptors (Lipinski definition) is 5. The highest BCUT2D eigenvalue weighted by Crippen LogP contribution is 2.35. The Balaban J connectivity index is 1.75. The van der Waals surface area contributed by atoms with E-state index in [0.29, 0.717) is 10.6 Å². The molecule has 0 saturated carbocycles. The van der Waals surface area contributed by atoms with Crippen LogP contribution in [0.1, 0.15) is 22.5 Å². The van der Waals surface area contributed by atoms with Gasteiger partial charge in [-0.2, -0.15) is 22.0 Å². The fourth-order valence-corrected chi connectivity index (χ4v) is 3.74. The van der Waals surface area contributed by atoms with Crippen LogP contribution in [0.5, 0.6) is 0 Å². The standard InChI is InChI=1S/C25H23ClF5N3O5/c1-34-21(36)12-19(33-34)22(37)32-18(11-20(35)23(38)39-13-24(27,28)25(29,30)31)9-14-5-7-15(8-6-14)16-3-2-4-17(26)10-16/h2-8,10,12,18,20,33,35H,9,11,13H2,1H3,(H,32,37). The Labute approximate surface area is 223 Å². The smallest absolute Gasteiger partial charge is 0.456 e. The van der Waals surface area contributed by atoms with Crippen LogP contribution in [0.25, 0.3) is 11.1 Å². The topological polar surface area (TPSA) is 113 Å². The highest BCUT2D eigenvalue weighted by molar-refractivity contribution is 6.30. The van der Waals surface area contributed by atoms with Crippen molar-refractivity contribution >= 4 is 23.5 Å². The number of halogens is 6. The molecule has 3 N–H and O–H groups in total. The number of nitrogens with one attached hydrogen (secondary N) is 2. The van der Waals surface area contributed by atoms with Gasteiger partial charge in [-0.3, -0.25) is 19.4 Å². The van der Waals surface area contributed by atoms with E-state index in [1.54, 1.807) is 42.5 Å². The number of nitrogens with zero attached hydrogens (tertiary/aromatic N) is 1. The molecule has 2 unspecified atom stereocenters. The van der Waals surface area contributed by atoms with Crippen LogP contribution in [-0.4, -0.2) is 57.6 Å². The second-order valence-electron chi connectivity index (χ2n) is 8.71. The summed E-state index contributed by atoms with van der Waals surface area (Å²) in [5.74, 6) is -7.81. The predicted octanol–water partition coefficient (Wildman–Crippen LogP) is 3.87. The number of hydrogen-bond donors (Lipinski definition) is 3. The summed E-state index contributed by atoms with van der Waals surface area (Å²) in [5.41, 5.74) is 1.63. The lowest BCUT2D eigenvalue weighted by Gasteiger charge is -2.23. The van der Waals surface area contributed by atoms with Crippen LogP contribution < -0.4 is 10.9 Å². The van der Waals surface area contributed by atoms with Crippen LogP contribution in [0.15, 0.2) is 59.4 Å². The molecule has 0 radical (unpaired) electrons. The SMILES string of the molecule is Cn1[nH]c(C(=O)NC(Cc2ccc(-c3cccc(Cl)c3)cc2)CC(O)C(=O)OCC(F)(F)C(F)(F)F)cc1=O. The number of aromatic nitrogens is 2. The van der Waals surface area contributed by atoms with Crippen molar-refractivity contribution in [1.29, 1.82) is 0 Å². The second-order valence-corrected chi connectivity index (χ2v) is 9.15. The van der Waals surface area contributed by atoms with Gasteiger partial charge in [-0.25, -0.2) is 4.79 Å². The third-order valence-corrected chi connectivity index (χ3v) is 5.89. The second kappa shape index (κ2) is 12.0. The third kappa shape index (κ3) is 7.90. The number of alkyl halides is 5. The van der Waals surface area contributed by atoms with E-state index in [9.17, 15) is 41.4 Å². The molecule has 2 aromatic carbocycles. The third-order valence-electron chi connectivity index (χ3n) is 5.65. The van der Waals surface area contributed by atoms with E-state index in [1.165, 1.54) is 7.05 Å². The summed E-state index contributed by atoms with van der Waals surface area (Å²) in [4.78, 5) is 36.3. The molecule has 0 aliphatic rings. The Bertz CT molecular complexity index is 1370. The Morgan fingerprint density at radius 3 is 2.31 bits per heavy atom. The van der Waals surface area contributed by atoms with Gasteiger partial charge in [0.05, 0.1) is 0 Å². The van der Waals surface area contributed by atoms with Crippen LogP contribution in [-0.2, 0) is 23.0 Å². The van der Waals surface area contributed by atoms with Crippen LogP contribution >= 0.6 is 11.6 Å². The van der Waals surface area contributed by atoms with E-state index >= 15 is 0 Å². The van der Waals surface area contributed by atoms with Crippen LogP contribution in [0.2, 0.25) is 5.02 Å². The molecule has 3 aromatic rings. The van der Waals surface area contributed by atoms with Gasteiger partial charge in [0.25, 0.3) is 11.5 Å². The van der Waals surface area contributed by atoms with E-state index in [1.807, 2.05) is 6.07 Å². The molecule has 210 valence electrons. The summed E-state index contributed by atoms with van der Waals surface area (Å²) in [6, 6.07) is 14.0. The number of ether oxygens (including phenoxy) is 1. The minimum atomic E-state index is -5.95. The number of aliphatic hydroxyl groups is 1. The molecule has 8 nitrogen and oxygen atoms in total. The monoisotopic (exact) mass is 575 g/mol. The number of carbonyl (C=O) groups is 2. The molecule has 0 aliphatic carbocycles. The van der Waals surface area contributed by atoms with Gasteiger partial charge >= 0.3 is 18.1 Å². The molecule has 1 heterocycles. The molecule has 0 fully saturated rings. The van der Waals surface area contributed by atoms with Crippen LogP contribution in [0.4, 0.5) is 22.0 Å². The zero-order valence-electron chi connectivity index (χ0n) is 20.3. The molecule has 3 rings (SSSR count). The predicted molar refractivity (Wildman–Crippen MR) is 130 cm³/mol. The van der Waals surface area contributed by atoms with Crippen LogP contribution in [0.3, 0.4) is 0 Å². The first-order valence-electron chi connectivity index (χ1n) is 11.4. The maximum atomic E-state index is 13.1. The summed E-state index contributed by atoms with van der Waals surface area (Å²) in [5, 5.41) is 15.8. The normalized spacial score (nSPS) is 13.5. The van der Waals surface area contributed by atoms with Gasteiger partial charge in [-0.15, -0.1) is 0 Å². The molecule has 14 heteroatoms. The zero-order chi connectivity index (χ0) is 29.0. The summed E-state index contributed by atoms with van der Waals surface area (Å²) in [7, 11) is 1.37. The minimum Gasteiger partial charge on any atom is -0.457 e. The molecular formula is C25H23ClF5N3O5. The van der Waals surface area contributed by atoms with Crippen molar-refractivity contribution < 1.29 is 41.4 Å². The maximum Gasteiger partial charge on any atom is 0.456 e. The van der Waals surface area contributed by atoms with Crippen molar-refractivity contribution in [1.82, 2.24) is 15.1 Å². The molecule has 1 amide bonds. The van der Waals surface area contributed by atoms with Gasteiger partial charge < -0.3 is 15.2 Å². The van der Waals surface area contributed by atoms with Crippen molar-refractivity contribution in [2.45, 2.75) is 37.1 Å². The molecule has 39 heavy (non-hydrogen) atoms. The quantitative estimate of drug-likeness (QED) is 0.251. The van der Waals surface area contributed by atoms with E-state index in [2.05, 4.69) is 15.2 Å². The number of aliphatic hydroxyl groups excluding tert-OH is 1. The lowest BCUT2D eigenvalue weighted by molar-refractivity contribution is -0.294. The fraction of sp³-hybridized carbons (Fsp3) is 0.320. The summed E-state index contributed by atoms with van der Waals surface area (Å²) >= 11 is 6.03. The number of H-pyrrole nitrogens is 1. The number of benzene rings is 2. The number of rotatable bonds is 10. The van der Waals surface area contributed by atoms with Gasteiger partial charge in [0.1, 0.15) is 5.69 Å². The summed E-state index contributed by atoms with van der Waals surface area (Å²) in [6.45, 7) is -2.31. The highest BCUT2D eigenvalue weighted by Gasteiger charge is 2.58. The Hall–Kier alpha value is -3.71. The average molecular weight is 576 g/mol. The van der Waals surface area contributed by atoms with Gasteiger partial charge in [0, 0.05) is 30.6 Å². The Kier molecular flexibility index (Phi) is 9.18. The number of aromatic amines is 1. The highest BCUT2D eigenvalue weighted by atomic mass is 35.5. The van der Waals surface area contributed by atoms with Crippen molar-refractivity contribution in [3.8, 4) is 11.1 Å². The van der Waals surface area contributed by atoms with E-state index < -0.39 is 54.7 Å². The van der Waals surface area contributed by atoms with Gasteiger partial charge in [-0.05, 0) is 35.2 Å². The van der Waals surface area contributed by atoms with E-state index in [0.717, 1.165) is 21.9 Å². The van der Waals surface area contributed by atoms with Gasteiger partial charge in [0.15, 0.2) is 12.7 Å². The average Bonchev–Trinajstić information content (AvgIpc) is 3.20. The first-order chi connectivity index (χ1) is 18.2. The van der Waals surface area contributed by atoms with E-state index in [-0.39, 0.29) is 12.1 Å². The lowest BCUT2D eigenvalue weighted by atomic mass is 9.97. The summed E-state index contributed by atoms with van der Waals surface area (Å²) < 4.78 is 68.3.